The Morgan fingerprint density at radius 1 is 0.930 bits per heavy atom. The maximum Gasteiger partial charge on any atom is 0.309 e. The number of phenols is 1. The van der Waals surface area contributed by atoms with E-state index in [9.17, 15) is 39.1 Å². The number of hydrogen-bond donors (Lipinski definition) is 1. The number of ketones is 2. The molecular weight excluding hydrogens is 564 g/mol. The molecular formula is C30H30N2O11. The Hall–Kier alpha value is -4.99. The van der Waals surface area contributed by atoms with Crippen molar-refractivity contribution < 1.29 is 52.8 Å². The van der Waals surface area contributed by atoms with Crippen molar-refractivity contribution in [2.75, 3.05) is 0 Å². The lowest BCUT2D eigenvalue weighted by Gasteiger charge is -2.47. The van der Waals surface area contributed by atoms with Gasteiger partial charge in [0.05, 0.1) is 28.7 Å². The normalized spacial score (nSPS) is 22.2. The molecule has 13 heteroatoms. The predicted octanol–water partition coefficient (Wildman–Crippen LogP) is 3.05. The highest BCUT2D eigenvalue weighted by atomic mass is 16.6. The standard InChI is InChI=1S/C30H30N2O11/c1-12(2)28(38)42-26-22-20(19-21(32(22)11-31)24(37)18-16(23(19)36)9-8-10-17(18)35)25(40-14(5)33)27(41-15(6)34)30(26,7)43-29(39)13(3)4/h8-10,12-13,25-27,35H,1-7H3/t25-,26+,27+,30+/m0/s1. The van der Waals surface area contributed by atoms with Gasteiger partial charge in [-0.15, -0.1) is 0 Å². The molecule has 226 valence electrons. The summed E-state index contributed by atoms with van der Waals surface area (Å²) < 4.78 is 23.6. The van der Waals surface area contributed by atoms with Gasteiger partial charge in [-0.1, -0.05) is 39.8 Å². The van der Waals surface area contributed by atoms with E-state index in [1.54, 1.807) is 0 Å². The molecule has 0 saturated carbocycles. The minimum atomic E-state index is -2.15. The number of rotatable bonds is 6. The van der Waals surface area contributed by atoms with E-state index in [1.165, 1.54) is 52.8 Å². The quantitative estimate of drug-likeness (QED) is 0.325. The Morgan fingerprint density at radius 3 is 2.07 bits per heavy atom. The molecule has 0 radical (unpaired) electrons. The average molecular weight is 595 g/mol. The molecule has 4 atom stereocenters. The average Bonchev–Trinajstić information content (AvgIpc) is 3.26. The van der Waals surface area contributed by atoms with E-state index in [0.717, 1.165) is 18.4 Å². The number of phenolic OH excluding ortho intramolecular Hbond substituents is 1. The maximum absolute atomic E-state index is 14.0. The van der Waals surface area contributed by atoms with E-state index < -0.39 is 82.6 Å². The molecule has 0 bridgehead atoms. The molecule has 0 fully saturated rings. The summed E-state index contributed by atoms with van der Waals surface area (Å²) in [6.07, 6.45) is -3.36. The second-order valence-corrected chi connectivity index (χ2v) is 11.1. The fraction of sp³-hybridized carbons (Fsp3) is 0.433. The van der Waals surface area contributed by atoms with Gasteiger partial charge in [0, 0.05) is 25.0 Å². The Kier molecular flexibility index (Phi) is 7.93. The number of nitriles is 1. The van der Waals surface area contributed by atoms with Gasteiger partial charge in [0.1, 0.15) is 11.4 Å². The van der Waals surface area contributed by atoms with E-state index in [2.05, 4.69) is 0 Å². The number of ether oxygens (including phenoxy) is 4. The summed E-state index contributed by atoms with van der Waals surface area (Å²) in [7, 11) is 0. The largest absolute Gasteiger partial charge is 0.507 e. The molecule has 1 N–H and O–H groups in total. The van der Waals surface area contributed by atoms with Crippen molar-refractivity contribution in [2.45, 2.75) is 72.4 Å². The molecule has 2 aliphatic carbocycles. The number of esters is 4. The number of nitrogens with zero attached hydrogens (tertiary/aromatic N) is 2. The number of carbonyl (C=O) groups is 6. The molecule has 0 spiro atoms. The zero-order valence-electron chi connectivity index (χ0n) is 24.5. The van der Waals surface area contributed by atoms with E-state index in [0.29, 0.717) is 0 Å². The van der Waals surface area contributed by atoms with E-state index in [-0.39, 0.29) is 27.9 Å². The van der Waals surface area contributed by atoms with Crippen LogP contribution in [0.25, 0.3) is 0 Å². The smallest absolute Gasteiger partial charge is 0.309 e. The van der Waals surface area contributed by atoms with Gasteiger partial charge < -0.3 is 24.1 Å². The molecule has 1 aromatic carbocycles. The number of aromatic hydroxyl groups is 1. The van der Waals surface area contributed by atoms with Gasteiger partial charge in [-0.2, -0.15) is 5.26 Å². The summed E-state index contributed by atoms with van der Waals surface area (Å²) in [6, 6.07) is 3.84. The summed E-state index contributed by atoms with van der Waals surface area (Å²) in [6.45, 7) is 9.46. The second kappa shape index (κ2) is 11.0. The summed E-state index contributed by atoms with van der Waals surface area (Å²) in [4.78, 5) is 78.9. The molecule has 0 aliphatic heterocycles. The zero-order chi connectivity index (χ0) is 32.1. The van der Waals surface area contributed by atoms with Crippen LogP contribution < -0.4 is 0 Å². The minimum absolute atomic E-state index is 0.198. The zero-order valence-corrected chi connectivity index (χ0v) is 24.5. The van der Waals surface area contributed by atoms with E-state index >= 15 is 0 Å². The number of aromatic nitrogens is 1. The third kappa shape index (κ3) is 4.92. The van der Waals surface area contributed by atoms with E-state index in [1.807, 2.05) is 6.19 Å². The second-order valence-electron chi connectivity index (χ2n) is 11.1. The van der Waals surface area contributed by atoms with Crippen molar-refractivity contribution in [1.29, 1.82) is 5.26 Å². The lowest BCUT2D eigenvalue weighted by molar-refractivity contribution is -0.237. The Balaban J connectivity index is 2.19. The first-order valence-electron chi connectivity index (χ1n) is 13.4. The first-order valence-corrected chi connectivity index (χ1v) is 13.4. The predicted molar refractivity (Wildman–Crippen MR) is 143 cm³/mol. The lowest BCUT2D eigenvalue weighted by atomic mass is 9.74. The third-order valence-corrected chi connectivity index (χ3v) is 7.28. The molecule has 43 heavy (non-hydrogen) atoms. The van der Waals surface area contributed by atoms with Gasteiger partial charge in [0.15, 0.2) is 35.9 Å². The fourth-order valence-electron chi connectivity index (χ4n) is 5.33. The third-order valence-electron chi connectivity index (χ3n) is 7.28. The van der Waals surface area contributed by atoms with Crippen molar-refractivity contribution in [1.82, 2.24) is 4.57 Å². The van der Waals surface area contributed by atoms with Crippen LogP contribution in [0.3, 0.4) is 0 Å². The molecule has 1 heterocycles. The summed E-state index contributed by atoms with van der Waals surface area (Å²) in [5.74, 6) is -7.18. The molecule has 4 rings (SSSR count). The number of fused-ring (bicyclic) bond motifs is 4. The highest BCUT2D eigenvalue weighted by molar-refractivity contribution is 6.29. The number of benzene rings is 1. The van der Waals surface area contributed by atoms with Crippen molar-refractivity contribution in [3.05, 3.63) is 51.8 Å². The van der Waals surface area contributed by atoms with Crippen LogP contribution in [-0.4, -0.2) is 56.8 Å². The fourth-order valence-corrected chi connectivity index (χ4v) is 5.33. The summed E-state index contributed by atoms with van der Waals surface area (Å²) in [5, 5.41) is 20.9. The van der Waals surface area contributed by atoms with Crippen LogP contribution in [0.15, 0.2) is 18.2 Å². The molecule has 13 nitrogen and oxygen atoms in total. The van der Waals surface area contributed by atoms with Gasteiger partial charge in [-0.3, -0.25) is 28.8 Å². The number of hydrogen-bond acceptors (Lipinski definition) is 12. The Bertz CT molecular complexity index is 1630. The van der Waals surface area contributed by atoms with Crippen molar-refractivity contribution in [3.8, 4) is 11.9 Å². The monoisotopic (exact) mass is 594 g/mol. The maximum atomic E-state index is 14.0. The highest BCUT2D eigenvalue weighted by Gasteiger charge is 2.63. The molecule has 0 unspecified atom stereocenters. The van der Waals surface area contributed by atoms with Gasteiger partial charge in [-0.05, 0) is 13.0 Å². The first kappa shape index (κ1) is 31.0. The molecule has 0 amide bonds. The minimum Gasteiger partial charge on any atom is -0.507 e. The van der Waals surface area contributed by atoms with Crippen LogP contribution in [0.2, 0.25) is 0 Å². The summed E-state index contributed by atoms with van der Waals surface area (Å²) >= 11 is 0. The number of carbonyl (C=O) groups excluding carboxylic acids is 6. The topological polar surface area (TPSA) is 188 Å². The molecule has 0 saturated heterocycles. The van der Waals surface area contributed by atoms with Crippen LogP contribution in [0.1, 0.15) is 104 Å². The van der Waals surface area contributed by atoms with Crippen molar-refractivity contribution in [3.63, 3.8) is 0 Å². The summed E-state index contributed by atoms with van der Waals surface area (Å²) in [5.41, 5.74) is -4.15. The Morgan fingerprint density at radius 2 is 1.53 bits per heavy atom. The van der Waals surface area contributed by atoms with Gasteiger partial charge in [0.25, 0.3) is 0 Å². The van der Waals surface area contributed by atoms with Crippen LogP contribution in [0, 0.1) is 23.3 Å². The van der Waals surface area contributed by atoms with Crippen LogP contribution in [0.4, 0.5) is 0 Å². The SMILES string of the molecule is CC(=O)O[C@@H]1[C@@H](OC(C)=O)c2c3c(n(C#N)c2[C@@H](OC(=O)C(C)C)[C@@]1(C)OC(=O)C(C)C)C(=O)c1c(O)cccc1C3=O. The van der Waals surface area contributed by atoms with Crippen molar-refractivity contribution >= 4 is 35.4 Å². The first-order chi connectivity index (χ1) is 20.1. The van der Waals surface area contributed by atoms with E-state index in [4.69, 9.17) is 18.9 Å². The molecule has 2 aliphatic rings. The van der Waals surface area contributed by atoms with Crippen LogP contribution >= 0.6 is 0 Å². The van der Waals surface area contributed by atoms with Crippen LogP contribution in [-0.2, 0) is 38.1 Å². The molecule has 2 aromatic rings. The van der Waals surface area contributed by atoms with Gasteiger partial charge in [-0.25, -0.2) is 4.57 Å². The Labute approximate surface area is 246 Å². The van der Waals surface area contributed by atoms with Crippen molar-refractivity contribution in [2.24, 2.45) is 11.8 Å². The lowest BCUT2D eigenvalue weighted by Crippen LogP contribution is -2.58. The van der Waals surface area contributed by atoms with Gasteiger partial charge in [0.2, 0.25) is 5.78 Å². The molecule has 1 aromatic heterocycles. The van der Waals surface area contributed by atoms with Gasteiger partial charge >= 0.3 is 23.9 Å². The highest BCUT2D eigenvalue weighted by Crippen LogP contribution is 2.54. The van der Waals surface area contributed by atoms with Crippen LogP contribution in [0.5, 0.6) is 5.75 Å².